The monoisotopic (exact) mass is 368 g/mol. The smallest absolute Gasteiger partial charge is 0.330 e. The lowest BCUT2D eigenvalue weighted by molar-refractivity contribution is -0.156. The summed E-state index contributed by atoms with van der Waals surface area (Å²) in [4.78, 5) is 49.2. The summed E-state index contributed by atoms with van der Waals surface area (Å²) in [6, 6.07) is 2.62. The molecule has 2 fully saturated rings. The number of thiophene rings is 1. The number of ether oxygens (including phenoxy) is 1. The third-order valence-corrected chi connectivity index (χ3v) is 6.43. The van der Waals surface area contributed by atoms with Crippen LogP contribution in [-0.4, -0.2) is 51.9 Å². The van der Waals surface area contributed by atoms with E-state index in [1.807, 2.05) is 6.92 Å². The maximum Gasteiger partial charge on any atom is 0.330 e. The first-order chi connectivity index (χ1) is 11.4. The Balaban J connectivity index is 1.51. The number of nitrogens with one attached hydrogen (secondary N) is 1. The van der Waals surface area contributed by atoms with E-state index in [1.54, 1.807) is 34.2 Å². The molecular weight excluding hydrogens is 352 g/mol. The second-order valence-electron chi connectivity index (χ2n) is 5.73. The molecule has 1 aromatic heterocycles. The molecule has 0 aliphatic carbocycles. The van der Waals surface area contributed by atoms with E-state index in [9.17, 15) is 19.2 Å². The van der Waals surface area contributed by atoms with Crippen LogP contribution in [-0.2, 0) is 19.1 Å². The number of esters is 1. The van der Waals surface area contributed by atoms with Crippen molar-refractivity contribution in [3.8, 4) is 0 Å². The number of hydrogen-bond acceptors (Lipinski definition) is 7. The fraction of sp³-hybridized carbons (Fsp3) is 0.467. The second-order valence-corrected chi connectivity index (χ2v) is 8.18. The van der Waals surface area contributed by atoms with Gasteiger partial charge in [0.15, 0.2) is 6.61 Å². The van der Waals surface area contributed by atoms with E-state index in [-0.39, 0.29) is 10.8 Å². The lowest BCUT2D eigenvalue weighted by Gasteiger charge is -2.29. The molecule has 3 rings (SSSR count). The van der Waals surface area contributed by atoms with Gasteiger partial charge in [0.1, 0.15) is 6.04 Å². The molecule has 1 aromatic rings. The van der Waals surface area contributed by atoms with Gasteiger partial charge < -0.3 is 9.64 Å². The maximum atomic E-state index is 12.2. The van der Waals surface area contributed by atoms with Crippen LogP contribution in [0.5, 0.6) is 0 Å². The van der Waals surface area contributed by atoms with Crippen LogP contribution < -0.4 is 5.32 Å². The second kappa shape index (κ2) is 6.56. The van der Waals surface area contributed by atoms with Crippen molar-refractivity contribution in [1.29, 1.82) is 0 Å². The molecule has 1 N–H and O–H groups in total. The third kappa shape index (κ3) is 3.18. The van der Waals surface area contributed by atoms with Crippen LogP contribution in [0.3, 0.4) is 0 Å². The summed E-state index contributed by atoms with van der Waals surface area (Å²) in [6.45, 7) is 1.39. The molecule has 0 radical (unpaired) electrons. The Morgan fingerprint density at radius 1 is 1.46 bits per heavy atom. The number of rotatable bonds is 4. The summed E-state index contributed by atoms with van der Waals surface area (Å²) in [5.41, 5.74) is 0. The highest BCUT2D eigenvalue weighted by molar-refractivity contribution is 8.01. The molecule has 0 spiro atoms. The van der Waals surface area contributed by atoms with Crippen molar-refractivity contribution in [3.05, 3.63) is 22.4 Å². The zero-order valence-corrected chi connectivity index (χ0v) is 14.6. The van der Waals surface area contributed by atoms with Gasteiger partial charge in [0.05, 0.1) is 9.75 Å². The summed E-state index contributed by atoms with van der Waals surface area (Å²) in [7, 11) is 0. The standard InChI is InChI=1S/C15H16N2O5S2/c1-15-5-4-12(19)17(15)9(8-24-15)14(21)22-7-11(18)16-13(20)10-3-2-6-23-10/h2-3,6,9H,4-5,7-8H2,1H3,(H,16,18,20)/t9-,15+/m1/s1. The highest BCUT2D eigenvalue weighted by Crippen LogP contribution is 2.47. The SMILES string of the molecule is C[C@]12CCC(=O)N1[C@@H](C(=O)OCC(=O)NC(=O)c1cccs1)CS2. The van der Waals surface area contributed by atoms with Gasteiger partial charge in [-0.2, -0.15) is 0 Å². The predicted molar refractivity (Wildman–Crippen MR) is 88.5 cm³/mol. The molecule has 0 saturated carbocycles. The van der Waals surface area contributed by atoms with Crippen LogP contribution in [0.25, 0.3) is 0 Å². The number of carbonyl (C=O) groups excluding carboxylic acids is 4. The first-order valence-corrected chi connectivity index (χ1v) is 9.28. The molecule has 2 aliphatic rings. The molecule has 2 aliphatic heterocycles. The molecule has 0 bridgehead atoms. The lowest BCUT2D eigenvalue weighted by atomic mass is 10.2. The number of carbonyl (C=O) groups is 4. The zero-order chi connectivity index (χ0) is 17.3. The van der Waals surface area contributed by atoms with E-state index in [2.05, 4.69) is 5.32 Å². The average Bonchev–Trinajstić information content (AvgIpc) is 3.23. The summed E-state index contributed by atoms with van der Waals surface area (Å²) < 4.78 is 5.00. The van der Waals surface area contributed by atoms with E-state index in [4.69, 9.17) is 4.74 Å². The minimum Gasteiger partial charge on any atom is -0.454 e. The number of imide groups is 1. The van der Waals surface area contributed by atoms with Crippen LogP contribution in [0, 0.1) is 0 Å². The van der Waals surface area contributed by atoms with Crippen molar-refractivity contribution in [2.75, 3.05) is 12.4 Å². The van der Waals surface area contributed by atoms with Gasteiger partial charge in [0.2, 0.25) is 5.91 Å². The van der Waals surface area contributed by atoms with Gasteiger partial charge in [-0.3, -0.25) is 19.7 Å². The van der Waals surface area contributed by atoms with Gasteiger partial charge in [-0.25, -0.2) is 4.79 Å². The Morgan fingerprint density at radius 2 is 2.25 bits per heavy atom. The van der Waals surface area contributed by atoms with Crippen molar-refractivity contribution in [1.82, 2.24) is 10.2 Å². The molecule has 3 heterocycles. The lowest BCUT2D eigenvalue weighted by Crippen LogP contribution is -2.47. The number of amides is 3. The van der Waals surface area contributed by atoms with Gasteiger partial charge in [-0.15, -0.1) is 23.1 Å². The Hall–Kier alpha value is -1.87. The largest absolute Gasteiger partial charge is 0.454 e. The van der Waals surface area contributed by atoms with Crippen LogP contribution in [0.4, 0.5) is 0 Å². The summed E-state index contributed by atoms with van der Waals surface area (Å²) >= 11 is 2.76. The molecule has 0 aromatic carbocycles. The molecule has 2 saturated heterocycles. The number of hydrogen-bond donors (Lipinski definition) is 1. The summed E-state index contributed by atoms with van der Waals surface area (Å²) in [5, 5.41) is 3.88. The minimum absolute atomic E-state index is 0.0678. The van der Waals surface area contributed by atoms with Gasteiger partial charge >= 0.3 is 5.97 Å². The third-order valence-electron chi connectivity index (χ3n) is 4.06. The van der Waals surface area contributed by atoms with E-state index in [0.29, 0.717) is 23.5 Å². The van der Waals surface area contributed by atoms with Crippen molar-refractivity contribution in [2.24, 2.45) is 0 Å². The quantitative estimate of drug-likeness (QED) is 0.797. The molecule has 7 nitrogen and oxygen atoms in total. The number of nitrogens with zero attached hydrogens (tertiary/aromatic N) is 1. The van der Waals surface area contributed by atoms with Crippen molar-refractivity contribution in [3.63, 3.8) is 0 Å². The fourth-order valence-electron chi connectivity index (χ4n) is 2.86. The Bertz CT molecular complexity index is 690. The van der Waals surface area contributed by atoms with Gasteiger partial charge in [-0.05, 0) is 24.8 Å². The van der Waals surface area contributed by atoms with Crippen LogP contribution in [0.15, 0.2) is 17.5 Å². The molecular formula is C15H16N2O5S2. The van der Waals surface area contributed by atoms with Crippen molar-refractivity contribution < 1.29 is 23.9 Å². The van der Waals surface area contributed by atoms with E-state index >= 15 is 0 Å². The van der Waals surface area contributed by atoms with Crippen molar-refractivity contribution >= 4 is 46.8 Å². The predicted octanol–water partition coefficient (Wildman–Crippen LogP) is 1.00. The van der Waals surface area contributed by atoms with E-state index in [1.165, 1.54) is 11.3 Å². The molecule has 128 valence electrons. The molecule has 3 amide bonds. The molecule has 0 unspecified atom stereocenters. The topological polar surface area (TPSA) is 92.8 Å². The van der Waals surface area contributed by atoms with Crippen LogP contribution in [0.2, 0.25) is 0 Å². The Labute approximate surface area is 146 Å². The van der Waals surface area contributed by atoms with Crippen LogP contribution in [0.1, 0.15) is 29.4 Å². The Morgan fingerprint density at radius 3 is 2.96 bits per heavy atom. The Kier molecular flexibility index (Phi) is 4.64. The van der Waals surface area contributed by atoms with Crippen molar-refractivity contribution in [2.45, 2.75) is 30.7 Å². The molecule has 24 heavy (non-hydrogen) atoms. The molecule has 2 atom stereocenters. The van der Waals surface area contributed by atoms with Crippen LogP contribution >= 0.6 is 23.1 Å². The maximum absolute atomic E-state index is 12.2. The van der Waals surface area contributed by atoms with Gasteiger partial charge in [0.25, 0.3) is 11.8 Å². The number of fused-ring (bicyclic) bond motifs is 1. The zero-order valence-electron chi connectivity index (χ0n) is 12.9. The molecule has 9 heteroatoms. The highest BCUT2D eigenvalue weighted by Gasteiger charge is 2.53. The first-order valence-electron chi connectivity index (χ1n) is 7.41. The first kappa shape index (κ1) is 17.0. The van der Waals surface area contributed by atoms with Gasteiger partial charge in [0, 0.05) is 12.2 Å². The highest BCUT2D eigenvalue weighted by atomic mass is 32.2. The van der Waals surface area contributed by atoms with E-state index in [0.717, 1.165) is 0 Å². The average molecular weight is 368 g/mol. The summed E-state index contributed by atoms with van der Waals surface area (Å²) in [6.07, 6.45) is 1.12. The normalized spacial score (nSPS) is 25.5. The van der Waals surface area contributed by atoms with E-state index < -0.39 is 30.4 Å². The fourth-order valence-corrected chi connectivity index (χ4v) is 4.90. The van der Waals surface area contributed by atoms with Gasteiger partial charge in [-0.1, -0.05) is 6.07 Å². The number of thioether (sulfide) groups is 1. The minimum atomic E-state index is -0.692. The summed E-state index contributed by atoms with van der Waals surface area (Å²) in [5.74, 6) is -1.44.